The lowest BCUT2D eigenvalue weighted by atomic mass is 10.1. The first-order valence-corrected chi connectivity index (χ1v) is 10.8. The molecule has 0 unspecified atom stereocenters. The van der Waals surface area contributed by atoms with E-state index in [0.717, 1.165) is 17.1 Å². The zero-order chi connectivity index (χ0) is 24.1. The predicted octanol–water partition coefficient (Wildman–Crippen LogP) is 2.18. The van der Waals surface area contributed by atoms with Crippen molar-refractivity contribution in [1.29, 1.82) is 0 Å². The topological polar surface area (TPSA) is 154 Å². The van der Waals surface area contributed by atoms with Crippen LogP contribution in [-0.4, -0.2) is 42.4 Å². The van der Waals surface area contributed by atoms with Gasteiger partial charge >= 0.3 is 0 Å². The van der Waals surface area contributed by atoms with Gasteiger partial charge in [-0.05, 0) is 49.6 Å². The number of benzene rings is 1. The Labute approximate surface area is 194 Å². The van der Waals surface area contributed by atoms with E-state index < -0.39 is 23.8 Å². The average Bonchev–Trinajstić information content (AvgIpc) is 3.38. The molecule has 33 heavy (non-hydrogen) atoms. The molecule has 0 aliphatic rings. The molecule has 3 rings (SSSR count). The quantitative estimate of drug-likeness (QED) is 0.404. The molecule has 2 heterocycles. The van der Waals surface area contributed by atoms with Crippen molar-refractivity contribution in [2.75, 3.05) is 30.9 Å². The minimum Gasteiger partial charge on any atom is -0.464 e. The van der Waals surface area contributed by atoms with E-state index in [1.807, 2.05) is 19.1 Å². The fourth-order valence-electron chi connectivity index (χ4n) is 3.17. The Bertz CT molecular complexity index is 1150. The summed E-state index contributed by atoms with van der Waals surface area (Å²) in [4.78, 5) is 39.9. The maximum atomic E-state index is 13.8. The van der Waals surface area contributed by atoms with E-state index in [9.17, 15) is 14.4 Å². The van der Waals surface area contributed by atoms with Gasteiger partial charge in [-0.2, -0.15) is 4.37 Å². The van der Waals surface area contributed by atoms with Crippen molar-refractivity contribution in [3.05, 3.63) is 64.1 Å². The summed E-state index contributed by atoms with van der Waals surface area (Å²) in [7, 11) is 1.52. The maximum Gasteiger partial charge on any atom is 0.273 e. The van der Waals surface area contributed by atoms with Crippen molar-refractivity contribution in [3.63, 3.8) is 0 Å². The van der Waals surface area contributed by atoms with E-state index >= 15 is 0 Å². The number of anilines is 2. The van der Waals surface area contributed by atoms with Gasteiger partial charge in [0.05, 0.1) is 12.3 Å². The number of nitrogens with zero attached hydrogens (tertiary/aromatic N) is 2. The largest absolute Gasteiger partial charge is 0.464 e. The molecule has 1 aromatic carbocycles. The minimum absolute atomic E-state index is 0.0117. The number of nitrogens with one attached hydrogen (secondary N) is 1. The molecule has 10 nitrogen and oxygen atoms in total. The van der Waals surface area contributed by atoms with Crippen molar-refractivity contribution in [3.8, 4) is 0 Å². The Morgan fingerprint density at radius 3 is 2.42 bits per heavy atom. The summed E-state index contributed by atoms with van der Waals surface area (Å²) in [6.45, 7) is 4.16. The van der Waals surface area contributed by atoms with E-state index in [1.165, 1.54) is 12.0 Å². The second kappa shape index (κ2) is 10.3. The van der Waals surface area contributed by atoms with Crippen LogP contribution in [0, 0.1) is 13.8 Å². The van der Waals surface area contributed by atoms with Crippen LogP contribution in [0.2, 0.25) is 0 Å². The molecule has 0 saturated heterocycles. The smallest absolute Gasteiger partial charge is 0.273 e. The molecular weight excluding hydrogens is 446 g/mol. The Balaban J connectivity index is 2.14. The number of hydrogen-bond donors (Lipinski definition) is 3. The number of ether oxygens (including phenoxy) is 1. The monoisotopic (exact) mass is 471 g/mol. The molecule has 3 amide bonds. The van der Waals surface area contributed by atoms with E-state index in [1.54, 1.807) is 31.2 Å². The molecule has 0 spiro atoms. The number of carbonyl (C=O) groups excluding carboxylic acids is 3. The molecule has 0 aliphatic carbocycles. The Morgan fingerprint density at radius 1 is 1.18 bits per heavy atom. The standard InChI is InChI=1S/C22H25N5O5S/c1-12-4-7-14(8-5-12)27(22(30)19-16(23)17(20(24)28)26-33-19)18(15-9-6-13(2)32-15)21(29)25-10-11-31-3/h4-9,18H,10-11,23H2,1-3H3,(H2,24,28)(H,25,29)/t18-/m1/s1. The van der Waals surface area contributed by atoms with Crippen molar-refractivity contribution < 1.29 is 23.5 Å². The zero-order valence-electron chi connectivity index (χ0n) is 18.5. The molecule has 3 aromatic rings. The molecule has 5 N–H and O–H groups in total. The van der Waals surface area contributed by atoms with Crippen LogP contribution < -0.4 is 21.7 Å². The molecule has 174 valence electrons. The Hall–Kier alpha value is -3.70. The molecule has 0 bridgehead atoms. The van der Waals surface area contributed by atoms with Crippen LogP contribution in [0.1, 0.15) is 43.3 Å². The second-order valence-corrected chi connectivity index (χ2v) is 8.06. The SMILES string of the molecule is COCCNC(=O)[C@@H](c1ccc(C)o1)N(C(=O)c1snc(C(N)=O)c1N)c1ccc(C)cc1. The summed E-state index contributed by atoms with van der Waals surface area (Å²) in [6.07, 6.45) is 0. The van der Waals surface area contributed by atoms with Crippen LogP contribution in [0.4, 0.5) is 11.4 Å². The number of hydrogen-bond acceptors (Lipinski definition) is 8. The highest BCUT2D eigenvalue weighted by Gasteiger charge is 2.37. The third-order valence-electron chi connectivity index (χ3n) is 4.83. The van der Waals surface area contributed by atoms with Crippen molar-refractivity contribution in [2.45, 2.75) is 19.9 Å². The molecule has 11 heteroatoms. The van der Waals surface area contributed by atoms with E-state index in [2.05, 4.69) is 9.69 Å². The zero-order valence-corrected chi connectivity index (χ0v) is 19.3. The minimum atomic E-state index is -1.16. The number of aryl methyl sites for hydroxylation is 2. The highest BCUT2D eigenvalue weighted by atomic mass is 32.1. The van der Waals surface area contributed by atoms with Gasteiger partial charge in [-0.25, -0.2) is 0 Å². The van der Waals surface area contributed by atoms with E-state index in [-0.39, 0.29) is 35.2 Å². The van der Waals surface area contributed by atoms with Crippen LogP contribution in [0.25, 0.3) is 0 Å². The predicted molar refractivity (Wildman–Crippen MR) is 124 cm³/mol. The first-order valence-electron chi connectivity index (χ1n) is 10.0. The van der Waals surface area contributed by atoms with Gasteiger partial charge in [-0.1, -0.05) is 17.7 Å². The third kappa shape index (κ3) is 5.21. The first kappa shape index (κ1) is 24.0. The first-order chi connectivity index (χ1) is 15.7. The van der Waals surface area contributed by atoms with E-state index in [4.69, 9.17) is 20.6 Å². The molecule has 2 aromatic heterocycles. The van der Waals surface area contributed by atoms with Crippen LogP contribution in [0.15, 0.2) is 40.8 Å². The fourth-order valence-corrected chi connectivity index (χ4v) is 3.92. The number of carbonyl (C=O) groups is 3. The van der Waals surface area contributed by atoms with Crippen molar-refractivity contribution >= 4 is 40.6 Å². The number of nitrogen functional groups attached to an aromatic ring is 1. The summed E-state index contributed by atoms with van der Waals surface area (Å²) < 4.78 is 14.7. The van der Waals surface area contributed by atoms with Crippen LogP contribution in [0.3, 0.4) is 0 Å². The van der Waals surface area contributed by atoms with Gasteiger partial charge < -0.3 is 25.9 Å². The van der Waals surface area contributed by atoms with Crippen LogP contribution >= 0.6 is 11.5 Å². The maximum absolute atomic E-state index is 13.8. The summed E-state index contributed by atoms with van der Waals surface area (Å²) in [6, 6.07) is 9.23. The summed E-state index contributed by atoms with van der Waals surface area (Å²) >= 11 is 0.740. The number of rotatable bonds is 9. The Morgan fingerprint density at radius 2 is 1.88 bits per heavy atom. The van der Waals surface area contributed by atoms with Gasteiger partial charge in [-0.3, -0.25) is 19.3 Å². The molecule has 1 atom stereocenters. The molecule has 0 saturated carbocycles. The van der Waals surface area contributed by atoms with Gasteiger partial charge in [0, 0.05) is 19.3 Å². The van der Waals surface area contributed by atoms with Crippen molar-refractivity contribution in [2.24, 2.45) is 5.73 Å². The van der Waals surface area contributed by atoms with Gasteiger partial charge in [0.25, 0.3) is 17.7 Å². The summed E-state index contributed by atoms with van der Waals surface area (Å²) in [5.74, 6) is -1.12. The highest BCUT2D eigenvalue weighted by Crippen LogP contribution is 2.33. The lowest BCUT2D eigenvalue weighted by molar-refractivity contribution is -0.123. The molecule has 0 radical (unpaired) electrons. The molecule has 0 aliphatic heterocycles. The second-order valence-electron chi connectivity index (χ2n) is 7.28. The van der Waals surface area contributed by atoms with E-state index in [0.29, 0.717) is 11.4 Å². The van der Waals surface area contributed by atoms with Gasteiger partial charge in [-0.15, -0.1) is 0 Å². The van der Waals surface area contributed by atoms with Gasteiger partial charge in [0.1, 0.15) is 16.4 Å². The number of amides is 3. The number of furan rings is 1. The summed E-state index contributed by atoms with van der Waals surface area (Å²) in [5, 5.41) is 2.76. The van der Waals surface area contributed by atoms with Gasteiger partial charge in [0.15, 0.2) is 11.7 Å². The third-order valence-corrected chi connectivity index (χ3v) is 5.68. The molecule has 0 fully saturated rings. The van der Waals surface area contributed by atoms with Crippen molar-refractivity contribution in [1.82, 2.24) is 9.69 Å². The Kier molecular flexibility index (Phi) is 7.46. The van der Waals surface area contributed by atoms with Gasteiger partial charge in [0.2, 0.25) is 0 Å². The fraction of sp³-hybridized carbons (Fsp3) is 0.273. The number of nitrogens with two attached hydrogens (primary N) is 2. The number of aromatic nitrogens is 1. The lowest BCUT2D eigenvalue weighted by Crippen LogP contribution is -2.44. The average molecular weight is 472 g/mol. The number of primary amides is 1. The van der Waals surface area contributed by atoms with Crippen LogP contribution in [0.5, 0.6) is 0 Å². The highest BCUT2D eigenvalue weighted by molar-refractivity contribution is 7.09. The normalized spacial score (nSPS) is 11.7. The molecular formula is C22H25N5O5S. The summed E-state index contributed by atoms with van der Waals surface area (Å²) in [5.41, 5.74) is 12.4. The lowest BCUT2D eigenvalue weighted by Gasteiger charge is -2.29. The number of methoxy groups -OCH3 is 1. The van der Waals surface area contributed by atoms with Crippen LogP contribution in [-0.2, 0) is 9.53 Å².